The van der Waals surface area contributed by atoms with Gasteiger partial charge in [-0.25, -0.2) is 0 Å². The van der Waals surface area contributed by atoms with Gasteiger partial charge in [-0.1, -0.05) is 71.4 Å². The molecule has 0 atom stereocenters. The second kappa shape index (κ2) is 7.83. The van der Waals surface area contributed by atoms with E-state index in [1.165, 1.54) is 11.8 Å². The first-order valence-electron chi connectivity index (χ1n) is 7.19. The number of hydrogen-bond acceptors (Lipinski definition) is 4. The lowest BCUT2D eigenvalue weighted by Crippen LogP contribution is -2.01. The van der Waals surface area contributed by atoms with E-state index in [1.807, 2.05) is 36.6 Å². The van der Waals surface area contributed by atoms with Gasteiger partial charge in [0.15, 0.2) is 5.82 Å². The van der Waals surface area contributed by atoms with Crippen LogP contribution in [0.25, 0.3) is 0 Å². The largest absolute Gasteiger partial charge is 0.211 e. The summed E-state index contributed by atoms with van der Waals surface area (Å²) in [6, 6.07) is 15.4. The van der Waals surface area contributed by atoms with Gasteiger partial charge in [0.05, 0.1) is 16.3 Å². The van der Waals surface area contributed by atoms with E-state index < -0.39 is 0 Å². The molecule has 24 heavy (non-hydrogen) atoms. The number of nitrogens with zero attached hydrogens (tertiary/aromatic N) is 4. The van der Waals surface area contributed by atoms with Crippen molar-refractivity contribution in [3.8, 4) is 0 Å². The van der Waals surface area contributed by atoms with Gasteiger partial charge < -0.3 is 0 Å². The van der Waals surface area contributed by atoms with E-state index in [4.69, 9.17) is 23.2 Å². The zero-order valence-corrected chi connectivity index (χ0v) is 15.2. The molecule has 0 aliphatic rings. The maximum atomic E-state index is 6.19. The highest BCUT2D eigenvalue weighted by molar-refractivity contribution is 7.98. The lowest BCUT2D eigenvalue weighted by Gasteiger charge is -2.04. The summed E-state index contributed by atoms with van der Waals surface area (Å²) in [7, 11) is 0. The van der Waals surface area contributed by atoms with E-state index in [0.717, 1.165) is 11.4 Å². The molecule has 0 aliphatic heterocycles. The maximum absolute atomic E-state index is 6.19. The van der Waals surface area contributed by atoms with Gasteiger partial charge >= 0.3 is 0 Å². The van der Waals surface area contributed by atoms with Crippen LogP contribution < -0.4 is 0 Å². The van der Waals surface area contributed by atoms with E-state index in [2.05, 4.69) is 15.3 Å². The lowest BCUT2D eigenvalue weighted by molar-refractivity contribution is 0.730. The molecule has 0 unspecified atom stereocenters. The Morgan fingerprint density at radius 2 is 1.75 bits per heavy atom. The van der Waals surface area contributed by atoms with E-state index in [1.54, 1.807) is 29.1 Å². The van der Waals surface area contributed by atoms with Gasteiger partial charge in [-0.05, 0) is 24.0 Å². The van der Waals surface area contributed by atoms with Crippen LogP contribution >= 0.6 is 35.0 Å². The Morgan fingerprint density at radius 1 is 1.04 bits per heavy atom. The summed E-state index contributed by atoms with van der Waals surface area (Å²) in [5.41, 5.74) is 1.82. The predicted octanol–water partition coefficient (Wildman–Crippen LogP) is 4.78. The summed E-state index contributed by atoms with van der Waals surface area (Å²) in [5.74, 6) is 0.755. The molecule has 0 aliphatic carbocycles. The minimum Gasteiger partial charge on any atom is -0.191 e. The number of hydrogen-bond donors (Lipinski definition) is 0. The Bertz CT molecular complexity index is 842. The van der Waals surface area contributed by atoms with Crippen LogP contribution in [-0.4, -0.2) is 27.3 Å². The van der Waals surface area contributed by atoms with Crippen LogP contribution in [0.3, 0.4) is 0 Å². The maximum Gasteiger partial charge on any atom is 0.211 e. The quantitative estimate of drug-likeness (QED) is 0.475. The molecular formula is C17H14Cl2N4S. The monoisotopic (exact) mass is 376 g/mol. The molecule has 0 saturated heterocycles. The first-order chi connectivity index (χ1) is 11.7. The summed E-state index contributed by atoms with van der Waals surface area (Å²) >= 11 is 13.9. The number of rotatable bonds is 5. The van der Waals surface area contributed by atoms with Crippen molar-refractivity contribution in [3.63, 3.8) is 0 Å². The topological polar surface area (TPSA) is 43.1 Å². The lowest BCUT2D eigenvalue weighted by atomic mass is 10.1. The molecule has 122 valence electrons. The second-order valence-electron chi connectivity index (χ2n) is 4.96. The van der Waals surface area contributed by atoms with Crippen molar-refractivity contribution >= 4 is 41.2 Å². The second-order valence-corrected chi connectivity index (χ2v) is 6.54. The van der Waals surface area contributed by atoms with E-state index >= 15 is 0 Å². The third-order valence-corrected chi connectivity index (χ3v) is 4.65. The van der Waals surface area contributed by atoms with Crippen LogP contribution in [0.15, 0.2) is 58.8 Å². The van der Waals surface area contributed by atoms with Crippen molar-refractivity contribution in [3.05, 3.63) is 75.5 Å². The van der Waals surface area contributed by atoms with Crippen LogP contribution in [-0.2, 0) is 6.42 Å². The van der Waals surface area contributed by atoms with Crippen molar-refractivity contribution in [1.82, 2.24) is 14.9 Å². The minimum atomic E-state index is 0.551. The van der Waals surface area contributed by atoms with Gasteiger partial charge in [0.2, 0.25) is 5.16 Å². The molecule has 0 radical (unpaired) electrons. The third-order valence-electron chi connectivity index (χ3n) is 3.37. The Morgan fingerprint density at radius 3 is 2.42 bits per heavy atom. The standard InChI is InChI=1S/C17H14Cl2N4S/c1-24-17-22-21-16(10-12-6-3-2-4-7-12)23(17)20-11-13-14(18)8-5-9-15(13)19/h2-9,11H,10H2,1H3/b20-11-. The van der Waals surface area contributed by atoms with Gasteiger partial charge in [0, 0.05) is 12.0 Å². The van der Waals surface area contributed by atoms with Crippen LogP contribution in [0, 0.1) is 0 Å². The normalized spacial score (nSPS) is 11.3. The Hall–Kier alpha value is -1.82. The highest BCUT2D eigenvalue weighted by atomic mass is 35.5. The molecule has 7 heteroatoms. The fourth-order valence-corrected chi connectivity index (χ4v) is 3.12. The first-order valence-corrected chi connectivity index (χ1v) is 9.17. The predicted molar refractivity (Wildman–Crippen MR) is 101 cm³/mol. The highest BCUT2D eigenvalue weighted by Gasteiger charge is 2.11. The zero-order valence-electron chi connectivity index (χ0n) is 12.9. The van der Waals surface area contributed by atoms with Gasteiger partial charge in [-0.15, -0.1) is 10.2 Å². The van der Waals surface area contributed by atoms with Crippen molar-refractivity contribution in [2.75, 3.05) is 6.26 Å². The molecule has 3 aromatic rings. The van der Waals surface area contributed by atoms with Gasteiger partial charge in [0.1, 0.15) is 0 Å². The Balaban J connectivity index is 1.95. The average Bonchev–Trinajstić information content (AvgIpc) is 2.97. The third kappa shape index (κ3) is 3.80. The Labute approximate surface area is 154 Å². The number of aromatic nitrogens is 3. The van der Waals surface area contributed by atoms with Crippen molar-refractivity contribution in [2.24, 2.45) is 5.10 Å². The molecule has 0 amide bonds. The van der Waals surface area contributed by atoms with Crippen LogP contribution in [0.2, 0.25) is 10.0 Å². The van der Waals surface area contributed by atoms with Gasteiger partial charge in [-0.2, -0.15) is 9.78 Å². The number of halogens is 2. The SMILES string of the molecule is CSc1nnc(Cc2ccccc2)n1/N=C\c1c(Cl)cccc1Cl. The molecule has 0 saturated carbocycles. The smallest absolute Gasteiger partial charge is 0.191 e. The molecule has 4 nitrogen and oxygen atoms in total. The summed E-state index contributed by atoms with van der Waals surface area (Å²) in [6.07, 6.45) is 4.22. The van der Waals surface area contributed by atoms with Crippen LogP contribution in [0.4, 0.5) is 0 Å². The fraction of sp³-hybridized carbons (Fsp3) is 0.118. The summed E-state index contributed by atoms with van der Waals surface area (Å²) in [6.45, 7) is 0. The van der Waals surface area contributed by atoms with E-state index in [-0.39, 0.29) is 0 Å². The fourth-order valence-electron chi connectivity index (χ4n) is 2.18. The first kappa shape index (κ1) is 17.0. The molecule has 0 fully saturated rings. The summed E-state index contributed by atoms with van der Waals surface area (Å²) in [4.78, 5) is 0. The van der Waals surface area contributed by atoms with E-state index in [0.29, 0.717) is 27.2 Å². The summed E-state index contributed by atoms with van der Waals surface area (Å²) < 4.78 is 1.72. The molecule has 0 N–H and O–H groups in total. The average molecular weight is 377 g/mol. The molecule has 1 aromatic heterocycles. The molecule has 3 rings (SSSR count). The van der Waals surface area contributed by atoms with Crippen molar-refractivity contribution < 1.29 is 0 Å². The molecule has 0 spiro atoms. The molecule has 2 aromatic carbocycles. The number of thioether (sulfide) groups is 1. The molecule has 1 heterocycles. The van der Waals surface area contributed by atoms with Crippen LogP contribution in [0.1, 0.15) is 17.0 Å². The summed E-state index contributed by atoms with van der Waals surface area (Å²) in [5, 5.41) is 14.7. The van der Waals surface area contributed by atoms with E-state index in [9.17, 15) is 0 Å². The number of benzene rings is 2. The highest BCUT2D eigenvalue weighted by Crippen LogP contribution is 2.23. The van der Waals surface area contributed by atoms with Crippen molar-refractivity contribution in [1.29, 1.82) is 0 Å². The van der Waals surface area contributed by atoms with Gasteiger partial charge in [-0.3, -0.25) is 0 Å². The Kier molecular flexibility index (Phi) is 5.56. The van der Waals surface area contributed by atoms with Crippen LogP contribution in [0.5, 0.6) is 0 Å². The van der Waals surface area contributed by atoms with Gasteiger partial charge in [0.25, 0.3) is 0 Å². The molecular weight excluding hydrogens is 363 g/mol. The zero-order chi connectivity index (χ0) is 16.9. The minimum absolute atomic E-state index is 0.551. The molecule has 0 bridgehead atoms. The van der Waals surface area contributed by atoms with Crippen molar-refractivity contribution in [2.45, 2.75) is 11.6 Å².